The van der Waals surface area contributed by atoms with Gasteiger partial charge in [0.2, 0.25) is 17.7 Å². The molecule has 0 bridgehead atoms. The first-order valence-corrected chi connectivity index (χ1v) is 8.84. The minimum Gasteiger partial charge on any atom is -0.480 e. The van der Waals surface area contributed by atoms with E-state index >= 15 is 0 Å². The number of carboxylic acid groups (broad SMARTS) is 1. The van der Waals surface area contributed by atoms with Crippen LogP contribution in [0.2, 0.25) is 0 Å². The van der Waals surface area contributed by atoms with Crippen LogP contribution in [0.4, 0.5) is 0 Å². The van der Waals surface area contributed by atoms with Crippen LogP contribution >= 0.6 is 0 Å². The maximum Gasteiger partial charge on any atom is 0.326 e. The number of nitrogens with zero attached hydrogens (tertiary/aromatic N) is 1. The maximum atomic E-state index is 12.3. The third kappa shape index (κ3) is 8.60. The van der Waals surface area contributed by atoms with E-state index in [4.69, 9.17) is 16.6 Å². The SMILES string of the molecule is NCCCC[C@H](NC(=O)CNC(=O)[C@H](Cc1cnc[nH]1)NC(=O)CN)C(=O)O. The molecule has 1 heterocycles. The number of H-pyrrole nitrogens is 1. The summed E-state index contributed by atoms with van der Waals surface area (Å²) in [4.78, 5) is 53.7. The summed E-state index contributed by atoms with van der Waals surface area (Å²) in [5, 5.41) is 16.3. The van der Waals surface area contributed by atoms with E-state index in [1.54, 1.807) is 0 Å². The van der Waals surface area contributed by atoms with Crippen LogP contribution in [0.15, 0.2) is 12.5 Å². The van der Waals surface area contributed by atoms with E-state index in [0.29, 0.717) is 25.1 Å². The Labute approximate surface area is 161 Å². The predicted molar refractivity (Wildman–Crippen MR) is 98.8 cm³/mol. The zero-order chi connectivity index (χ0) is 20.9. The number of imidazole rings is 1. The number of aromatic nitrogens is 2. The first-order valence-electron chi connectivity index (χ1n) is 8.84. The summed E-state index contributed by atoms with van der Waals surface area (Å²) in [6, 6.07) is -2.03. The zero-order valence-electron chi connectivity index (χ0n) is 15.4. The molecule has 12 nitrogen and oxygen atoms in total. The Hall–Kier alpha value is -2.99. The molecule has 0 saturated carbocycles. The van der Waals surface area contributed by atoms with Gasteiger partial charge in [0.05, 0.1) is 19.4 Å². The van der Waals surface area contributed by atoms with Gasteiger partial charge in [-0.15, -0.1) is 0 Å². The number of nitrogens with two attached hydrogens (primary N) is 2. The molecule has 0 unspecified atom stereocenters. The molecule has 0 aromatic carbocycles. The summed E-state index contributed by atoms with van der Waals surface area (Å²) in [7, 11) is 0. The Morgan fingerprint density at radius 1 is 1.11 bits per heavy atom. The number of amides is 3. The second kappa shape index (κ2) is 12.4. The van der Waals surface area contributed by atoms with Crippen LogP contribution in [-0.2, 0) is 25.6 Å². The predicted octanol–water partition coefficient (Wildman–Crippen LogP) is -2.79. The molecular weight excluding hydrogens is 370 g/mol. The van der Waals surface area contributed by atoms with E-state index in [-0.39, 0.29) is 19.4 Å². The number of hydrogen-bond acceptors (Lipinski definition) is 7. The van der Waals surface area contributed by atoms with Crippen molar-refractivity contribution in [1.29, 1.82) is 0 Å². The van der Waals surface area contributed by atoms with Gasteiger partial charge in [-0.1, -0.05) is 0 Å². The van der Waals surface area contributed by atoms with Crippen LogP contribution in [0.1, 0.15) is 25.0 Å². The van der Waals surface area contributed by atoms with Crippen molar-refractivity contribution < 1.29 is 24.3 Å². The third-order valence-electron chi connectivity index (χ3n) is 3.82. The lowest BCUT2D eigenvalue weighted by atomic mass is 10.1. The Bertz CT molecular complexity index is 650. The zero-order valence-corrected chi connectivity index (χ0v) is 15.4. The summed E-state index contributed by atoms with van der Waals surface area (Å²) in [6.45, 7) is -0.295. The molecule has 1 aromatic heterocycles. The Morgan fingerprint density at radius 3 is 2.39 bits per heavy atom. The number of unbranched alkanes of at least 4 members (excludes halogenated alkanes) is 1. The molecule has 156 valence electrons. The molecule has 28 heavy (non-hydrogen) atoms. The van der Waals surface area contributed by atoms with Gasteiger partial charge in [-0.25, -0.2) is 9.78 Å². The molecule has 0 aliphatic rings. The number of hydrogen-bond donors (Lipinski definition) is 7. The molecule has 3 amide bonds. The number of aliphatic carboxylic acids is 1. The van der Waals surface area contributed by atoms with Gasteiger partial charge >= 0.3 is 5.97 Å². The van der Waals surface area contributed by atoms with Gasteiger partial charge in [0.25, 0.3) is 0 Å². The number of rotatable bonds is 13. The molecule has 0 saturated heterocycles. The van der Waals surface area contributed by atoms with Gasteiger partial charge in [0, 0.05) is 18.3 Å². The van der Waals surface area contributed by atoms with Crippen molar-refractivity contribution in [2.24, 2.45) is 11.5 Å². The molecule has 1 rings (SSSR count). The van der Waals surface area contributed by atoms with E-state index in [1.165, 1.54) is 12.5 Å². The van der Waals surface area contributed by atoms with Crippen molar-refractivity contribution in [2.45, 2.75) is 37.8 Å². The van der Waals surface area contributed by atoms with Crippen LogP contribution in [0, 0.1) is 0 Å². The monoisotopic (exact) mass is 397 g/mol. The molecule has 9 N–H and O–H groups in total. The summed E-state index contributed by atoms with van der Waals surface area (Å²) in [5.41, 5.74) is 11.2. The van der Waals surface area contributed by atoms with Crippen molar-refractivity contribution in [1.82, 2.24) is 25.9 Å². The molecule has 0 spiro atoms. The lowest BCUT2D eigenvalue weighted by Gasteiger charge is -2.18. The Kier molecular flexibility index (Phi) is 10.2. The van der Waals surface area contributed by atoms with Crippen molar-refractivity contribution in [3.05, 3.63) is 18.2 Å². The van der Waals surface area contributed by atoms with Gasteiger partial charge < -0.3 is 37.5 Å². The van der Waals surface area contributed by atoms with Gasteiger partial charge in [0.1, 0.15) is 12.1 Å². The van der Waals surface area contributed by atoms with Crippen molar-refractivity contribution in [3.8, 4) is 0 Å². The van der Waals surface area contributed by atoms with E-state index in [0.717, 1.165) is 0 Å². The fourth-order valence-corrected chi connectivity index (χ4v) is 2.36. The van der Waals surface area contributed by atoms with Crippen LogP contribution in [0.25, 0.3) is 0 Å². The number of carboxylic acids is 1. The van der Waals surface area contributed by atoms with Gasteiger partial charge in [-0.3, -0.25) is 14.4 Å². The summed E-state index contributed by atoms with van der Waals surface area (Å²) < 4.78 is 0. The second-order valence-electron chi connectivity index (χ2n) is 6.07. The smallest absolute Gasteiger partial charge is 0.326 e. The molecule has 0 aliphatic heterocycles. The highest BCUT2D eigenvalue weighted by Gasteiger charge is 2.23. The van der Waals surface area contributed by atoms with Crippen molar-refractivity contribution in [2.75, 3.05) is 19.6 Å². The van der Waals surface area contributed by atoms with E-state index in [2.05, 4.69) is 25.9 Å². The fourth-order valence-electron chi connectivity index (χ4n) is 2.36. The standard InChI is InChI=1S/C16H27N7O5/c17-4-2-1-3-11(16(27)28)22-14(25)8-20-15(26)12(23-13(24)6-18)5-10-7-19-9-21-10/h7,9,11-12H,1-6,8,17-18H2,(H,19,21)(H,20,26)(H,22,25)(H,23,24)(H,27,28)/t11-,12-/m0/s1. The lowest BCUT2D eigenvalue weighted by Crippen LogP contribution is -2.52. The summed E-state index contributed by atoms with van der Waals surface area (Å²) in [6.07, 6.45) is 4.49. The largest absolute Gasteiger partial charge is 0.480 e. The van der Waals surface area contributed by atoms with E-state index in [1.807, 2.05) is 0 Å². The van der Waals surface area contributed by atoms with Gasteiger partial charge in [-0.05, 0) is 25.8 Å². The van der Waals surface area contributed by atoms with Crippen LogP contribution < -0.4 is 27.4 Å². The second-order valence-corrected chi connectivity index (χ2v) is 6.07. The Balaban J connectivity index is 2.57. The van der Waals surface area contributed by atoms with E-state index < -0.39 is 42.3 Å². The average molecular weight is 397 g/mol. The highest BCUT2D eigenvalue weighted by molar-refractivity contribution is 5.92. The minimum atomic E-state index is -1.16. The first-order chi connectivity index (χ1) is 13.4. The lowest BCUT2D eigenvalue weighted by molar-refractivity contribution is -0.142. The first kappa shape index (κ1) is 23.0. The van der Waals surface area contributed by atoms with E-state index in [9.17, 15) is 19.2 Å². The molecular formula is C16H27N7O5. The fraction of sp³-hybridized carbons (Fsp3) is 0.562. The molecule has 12 heteroatoms. The van der Waals surface area contributed by atoms with Gasteiger partial charge in [-0.2, -0.15) is 0 Å². The molecule has 1 aromatic rings. The highest BCUT2D eigenvalue weighted by Crippen LogP contribution is 2.01. The van der Waals surface area contributed by atoms with Gasteiger partial charge in [0.15, 0.2) is 0 Å². The van der Waals surface area contributed by atoms with Crippen LogP contribution in [0.5, 0.6) is 0 Å². The topological polar surface area (TPSA) is 205 Å². The number of aromatic amines is 1. The number of carbonyl (C=O) groups is 4. The molecule has 2 atom stereocenters. The molecule has 0 aliphatic carbocycles. The summed E-state index contributed by atoms with van der Waals surface area (Å²) >= 11 is 0. The average Bonchev–Trinajstić information content (AvgIpc) is 3.17. The van der Waals surface area contributed by atoms with Crippen LogP contribution in [0.3, 0.4) is 0 Å². The summed E-state index contributed by atoms with van der Waals surface area (Å²) in [5.74, 6) is -2.96. The third-order valence-corrected chi connectivity index (χ3v) is 3.82. The maximum absolute atomic E-state index is 12.3. The number of carbonyl (C=O) groups excluding carboxylic acids is 3. The van der Waals surface area contributed by atoms with Crippen molar-refractivity contribution >= 4 is 23.7 Å². The number of nitrogens with one attached hydrogen (secondary N) is 4. The molecule has 0 fully saturated rings. The van der Waals surface area contributed by atoms with Crippen molar-refractivity contribution in [3.63, 3.8) is 0 Å². The molecule has 0 radical (unpaired) electrons. The highest BCUT2D eigenvalue weighted by atomic mass is 16.4. The minimum absolute atomic E-state index is 0.121. The van der Waals surface area contributed by atoms with Crippen LogP contribution in [-0.4, -0.2) is 70.5 Å². The Morgan fingerprint density at radius 2 is 1.82 bits per heavy atom. The normalized spacial score (nSPS) is 12.6. The quantitative estimate of drug-likeness (QED) is 0.173.